The third-order valence-electron chi connectivity index (χ3n) is 4.21. The first-order valence-corrected chi connectivity index (χ1v) is 6.98. The summed E-state index contributed by atoms with van der Waals surface area (Å²) < 4.78 is 9.53. The van der Waals surface area contributed by atoms with Gasteiger partial charge in [-0.15, -0.1) is 0 Å². The van der Waals surface area contributed by atoms with Crippen LogP contribution in [0.15, 0.2) is 30.3 Å². The zero-order chi connectivity index (χ0) is 15.4. The Morgan fingerprint density at radius 2 is 1.67 bits per heavy atom. The Balaban J connectivity index is 2.31. The molecule has 0 aliphatic heterocycles. The minimum Gasteiger partial charge on any atom is -0.469 e. The van der Waals surface area contributed by atoms with Crippen LogP contribution >= 0.6 is 0 Å². The van der Waals surface area contributed by atoms with Crippen molar-refractivity contribution in [1.29, 1.82) is 0 Å². The van der Waals surface area contributed by atoms with Gasteiger partial charge in [-0.25, -0.2) is 0 Å². The first kappa shape index (κ1) is 15.5. The van der Waals surface area contributed by atoms with Gasteiger partial charge < -0.3 is 14.6 Å². The van der Waals surface area contributed by atoms with Gasteiger partial charge in [-0.1, -0.05) is 30.3 Å². The third kappa shape index (κ3) is 3.08. The summed E-state index contributed by atoms with van der Waals surface area (Å²) in [4.78, 5) is 23.8. The summed E-state index contributed by atoms with van der Waals surface area (Å²) in [7, 11) is 2.57. The summed E-state index contributed by atoms with van der Waals surface area (Å²) in [5, 5.41) is 10.5. The smallest absolute Gasteiger partial charge is 0.311 e. The molecule has 0 amide bonds. The van der Waals surface area contributed by atoms with Crippen LogP contribution < -0.4 is 0 Å². The lowest BCUT2D eigenvalue weighted by atomic mass is 9.69. The zero-order valence-electron chi connectivity index (χ0n) is 12.2. The van der Waals surface area contributed by atoms with Crippen molar-refractivity contribution in [3.05, 3.63) is 35.9 Å². The molecule has 1 aromatic rings. The number of carbonyl (C=O) groups excluding carboxylic acids is 2. The number of benzene rings is 1. The van der Waals surface area contributed by atoms with Crippen molar-refractivity contribution in [2.24, 2.45) is 11.8 Å². The van der Waals surface area contributed by atoms with E-state index in [-0.39, 0.29) is 5.92 Å². The normalized spacial score (nSPS) is 28.7. The van der Waals surface area contributed by atoms with Crippen molar-refractivity contribution in [1.82, 2.24) is 0 Å². The molecule has 1 saturated carbocycles. The van der Waals surface area contributed by atoms with E-state index in [1.165, 1.54) is 14.2 Å². The van der Waals surface area contributed by atoms with Crippen molar-refractivity contribution >= 4 is 11.9 Å². The lowest BCUT2D eigenvalue weighted by Gasteiger charge is -2.37. The van der Waals surface area contributed by atoms with Crippen molar-refractivity contribution < 1.29 is 24.2 Å². The van der Waals surface area contributed by atoms with E-state index in [1.807, 2.05) is 30.3 Å². The van der Waals surface area contributed by atoms with Crippen LogP contribution in [0.1, 0.15) is 24.3 Å². The van der Waals surface area contributed by atoms with Gasteiger partial charge in [0, 0.05) is 0 Å². The fourth-order valence-electron chi connectivity index (χ4n) is 3.12. The molecule has 1 aliphatic carbocycles. The number of rotatable bonds is 3. The molecule has 21 heavy (non-hydrogen) atoms. The second-order valence-corrected chi connectivity index (χ2v) is 5.26. The van der Waals surface area contributed by atoms with Crippen LogP contribution in [0.5, 0.6) is 0 Å². The van der Waals surface area contributed by atoms with Crippen LogP contribution in [0.3, 0.4) is 0 Å². The highest BCUT2D eigenvalue weighted by Gasteiger charge is 2.46. The van der Waals surface area contributed by atoms with Gasteiger partial charge in [0.1, 0.15) is 0 Å². The fraction of sp³-hybridized carbons (Fsp3) is 0.500. The Morgan fingerprint density at radius 1 is 1.05 bits per heavy atom. The van der Waals surface area contributed by atoms with E-state index in [0.29, 0.717) is 12.8 Å². The quantitative estimate of drug-likeness (QED) is 0.855. The predicted octanol–water partition coefficient (Wildman–Crippen LogP) is 1.50. The van der Waals surface area contributed by atoms with Crippen LogP contribution in [0, 0.1) is 11.8 Å². The first-order valence-electron chi connectivity index (χ1n) is 6.98. The molecule has 4 atom stereocenters. The maximum atomic E-state index is 12.1. The molecular weight excluding hydrogens is 272 g/mol. The molecule has 2 rings (SSSR count). The van der Waals surface area contributed by atoms with Crippen LogP contribution in [0.25, 0.3) is 0 Å². The van der Waals surface area contributed by atoms with E-state index < -0.39 is 29.9 Å². The van der Waals surface area contributed by atoms with Gasteiger partial charge in [-0.05, 0) is 24.3 Å². The molecule has 0 spiro atoms. The minimum atomic E-state index is -1.09. The summed E-state index contributed by atoms with van der Waals surface area (Å²) in [6.45, 7) is 0. The highest BCUT2D eigenvalue weighted by Crippen LogP contribution is 2.41. The Labute approximate surface area is 123 Å². The van der Waals surface area contributed by atoms with Gasteiger partial charge in [0.15, 0.2) is 0 Å². The number of methoxy groups -OCH3 is 2. The van der Waals surface area contributed by atoms with Crippen LogP contribution in [-0.4, -0.2) is 37.4 Å². The number of aliphatic hydroxyl groups excluding tert-OH is 1. The molecule has 1 N–H and O–H groups in total. The predicted molar refractivity (Wildman–Crippen MR) is 75.4 cm³/mol. The number of esters is 2. The van der Waals surface area contributed by atoms with E-state index in [9.17, 15) is 14.7 Å². The van der Waals surface area contributed by atoms with Gasteiger partial charge in [0.25, 0.3) is 0 Å². The standard InChI is InChI=1S/C16H20O5/c1-20-15(18)12-9-8-11(10-6-4-3-5-7-10)13(14(12)17)16(19)21-2/h3-7,11-14,17H,8-9H2,1-2H3/t11-,12+,13-,14+/m0/s1. The van der Waals surface area contributed by atoms with Gasteiger partial charge >= 0.3 is 11.9 Å². The lowest BCUT2D eigenvalue weighted by molar-refractivity contribution is -0.162. The lowest BCUT2D eigenvalue weighted by Crippen LogP contribution is -2.46. The molecule has 0 aromatic heterocycles. The summed E-state index contributed by atoms with van der Waals surface area (Å²) >= 11 is 0. The molecule has 0 heterocycles. The van der Waals surface area contributed by atoms with Crippen LogP contribution in [0.2, 0.25) is 0 Å². The minimum absolute atomic E-state index is 0.158. The van der Waals surface area contributed by atoms with Crippen molar-refractivity contribution in [3.63, 3.8) is 0 Å². The second kappa shape index (κ2) is 6.72. The topological polar surface area (TPSA) is 72.8 Å². The van der Waals surface area contributed by atoms with E-state index in [0.717, 1.165) is 5.56 Å². The summed E-state index contributed by atoms with van der Waals surface area (Å²) in [5.74, 6) is -2.57. The van der Waals surface area contributed by atoms with Gasteiger partial charge in [0.05, 0.1) is 32.2 Å². The van der Waals surface area contributed by atoms with Crippen LogP contribution in [-0.2, 0) is 19.1 Å². The Kier molecular flexibility index (Phi) is 4.96. The third-order valence-corrected chi connectivity index (χ3v) is 4.21. The van der Waals surface area contributed by atoms with E-state index >= 15 is 0 Å². The van der Waals surface area contributed by atoms with E-state index in [1.54, 1.807) is 0 Å². The summed E-state index contributed by atoms with van der Waals surface area (Å²) in [5.41, 5.74) is 0.968. The monoisotopic (exact) mass is 292 g/mol. The fourth-order valence-corrected chi connectivity index (χ4v) is 3.12. The zero-order valence-corrected chi connectivity index (χ0v) is 12.2. The van der Waals surface area contributed by atoms with Crippen LogP contribution in [0.4, 0.5) is 0 Å². The largest absolute Gasteiger partial charge is 0.469 e. The van der Waals surface area contributed by atoms with Gasteiger partial charge in [0.2, 0.25) is 0 Å². The van der Waals surface area contributed by atoms with Crippen molar-refractivity contribution in [3.8, 4) is 0 Å². The number of hydrogen-bond donors (Lipinski definition) is 1. The number of hydrogen-bond acceptors (Lipinski definition) is 5. The molecule has 0 unspecified atom stereocenters. The van der Waals surface area contributed by atoms with Gasteiger partial charge in [-0.3, -0.25) is 9.59 Å². The second-order valence-electron chi connectivity index (χ2n) is 5.26. The number of aliphatic hydroxyl groups is 1. The molecule has 0 saturated heterocycles. The van der Waals surface area contributed by atoms with Gasteiger partial charge in [-0.2, -0.15) is 0 Å². The summed E-state index contributed by atoms with van der Waals surface area (Å²) in [6.07, 6.45) is 0.0189. The average Bonchev–Trinajstić information content (AvgIpc) is 2.53. The Bertz CT molecular complexity index is 499. The highest BCUT2D eigenvalue weighted by atomic mass is 16.5. The molecule has 0 bridgehead atoms. The molecule has 0 radical (unpaired) electrons. The SMILES string of the molecule is COC(=O)[C@@H]1[C@H](O)[C@H](C(=O)OC)CC[C@H]1c1ccccc1. The molecule has 1 aliphatic rings. The van der Waals surface area contributed by atoms with Crippen molar-refractivity contribution in [2.75, 3.05) is 14.2 Å². The maximum absolute atomic E-state index is 12.1. The Hall–Kier alpha value is -1.88. The van der Waals surface area contributed by atoms with E-state index in [2.05, 4.69) is 0 Å². The number of carbonyl (C=O) groups is 2. The van der Waals surface area contributed by atoms with Crippen molar-refractivity contribution in [2.45, 2.75) is 24.9 Å². The van der Waals surface area contributed by atoms with E-state index in [4.69, 9.17) is 9.47 Å². The number of ether oxygens (including phenoxy) is 2. The average molecular weight is 292 g/mol. The molecular formula is C16H20O5. The molecule has 5 nitrogen and oxygen atoms in total. The highest BCUT2D eigenvalue weighted by molar-refractivity contribution is 5.78. The molecule has 1 fully saturated rings. The first-order chi connectivity index (χ1) is 10.1. The molecule has 114 valence electrons. The summed E-state index contributed by atoms with van der Waals surface area (Å²) in [6, 6.07) is 9.52. The molecule has 1 aromatic carbocycles. The maximum Gasteiger partial charge on any atom is 0.311 e. The molecule has 5 heteroatoms. The Morgan fingerprint density at radius 3 is 2.24 bits per heavy atom.